The molecule has 4 heteroatoms. The van der Waals surface area contributed by atoms with E-state index in [1.807, 2.05) is 0 Å². The topological polar surface area (TPSA) is 72.3 Å². The molecule has 36 valence electrons. The lowest BCUT2D eigenvalue weighted by Gasteiger charge is -1.27. The molecule has 0 aromatic carbocycles. The average molecular weight is 101 g/mol. The summed E-state index contributed by atoms with van der Waals surface area (Å²) in [6.45, 7) is 0. The van der Waals surface area contributed by atoms with Crippen molar-refractivity contribution in [3.63, 3.8) is 0 Å². The van der Waals surface area contributed by atoms with Crippen LogP contribution in [0.3, 0.4) is 0 Å². The molecule has 0 atom stereocenters. The molecule has 5 heavy (non-hydrogen) atoms. The first-order valence-corrected chi connectivity index (χ1v) is 0.836. The van der Waals surface area contributed by atoms with Gasteiger partial charge in [0.15, 0.2) is 0 Å². The highest BCUT2D eigenvalue weighted by Gasteiger charge is 0.836. The molecule has 5 N–H and O–H groups in total. The molecule has 0 radical (unpaired) electrons. The summed E-state index contributed by atoms with van der Waals surface area (Å²) in [5.41, 5.74) is 4.50. The zero-order valence-corrected chi connectivity index (χ0v) is 3.83. The first kappa shape index (κ1) is 19.1. The van der Waals surface area contributed by atoms with Crippen LogP contribution in [-0.2, 0) is 0 Å². The fourth-order valence-corrected chi connectivity index (χ4v) is 0. The monoisotopic (exact) mass is 100 g/mol. The fourth-order valence-electron chi connectivity index (χ4n) is 0. The lowest BCUT2D eigenvalue weighted by Crippen LogP contribution is -1.72. The van der Waals surface area contributed by atoms with Gasteiger partial charge in [-0.1, -0.05) is 0 Å². The summed E-state index contributed by atoms with van der Waals surface area (Å²) in [4.78, 5) is 0. The van der Waals surface area contributed by atoms with Crippen LogP contribution in [0.4, 0.5) is 0 Å². The highest BCUT2D eigenvalue weighted by Crippen LogP contribution is 0.690. The van der Waals surface area contributed by atoms with Gasteiger partial charge in [0.2, 0.25) is 0 Å². The zero-order chi connectivity index (χ0) is 4.00. The smallest absolute Gasteiger partial charge is 0.0195 e. The van der Waals surface area contributed by atoms with Gasteiger partial charge in [0, 0.05) is 0 Å². The third-order valence-electron chi connectivity index (χ3n) is 0. The molecule has 0 bridgehead atoms. The molecule has 0 fully saturated rings. The summed E-state index contributed by atoms with van der Waals surface area (Å²) in [7, 11) is 1.50. The van der Waals surface area contributed by atoms with Crippen molar-refractivity contribution in [1.82, 2.24) is 0 Å². The van der Waals surface area contributed by atoms with Gasteiger partial charge in [-0.05, 0) is 7.05 Å². The van der Waals surface area contributed by atoms with E-state index in [9.17, 15) is 0 Å². The van der Waals surface area contributed by atoms with Crippen molar-refractivity contribution in [3.05, 3.63) is 0 Å². The van der Waals surface area contributed by atoms with Crippen molar-refractivity contribution in [1.29, 1.82) is 0 Å². The van der Waals surface area contributed by atoms with E-state index in [1.165, 1.54) is 7.05 Å². The van der Waals surface area contributed by atoms with E-state index in [0.717, 1.165) is 0 Å². The van der Waals surface area contributed by atoms with E-state index < -0.39 is 0 Å². The van der Waals surface area contributed by atoms with Crippen molar-refractivity contribution in [3.8, 4) is 0 Å². The van der Waals surface area contributed by atoms with Gasteiger partial charge in [0.05, 0.1) is 0 Å². The normalized spacial score (nSPS) is 2.40. The van der Waals surface area contributed by atoms with Crippen LogP contribution in [-0.4, -0.2) is 12.3 Å². The van der Waals surface area contributed by atoms with Gasteiger partial charge in [-0.2, -0.15) is 0 Å². The maximum Gasteiger partial charge on any atom is -0.0195 e. The molecule has 0 heterocycles. The third-order valence-corrected chi connectivity index (χ3v) is 0. The van der Waals surface area contributed by atoms with Crippen LogP contribution in [0.15, 0.2) is 0 Å². The Bertz CT molecular complexity index is 9.61. The number of nitrogens with two attached hydrogens (primary N) is 2. The molecule has 0 aliphatic carbocycles. The molecule has 0 saturated carbocycles. The molecule has 0 unspecified atom stereocenters. The van der Waals surface area contributed by atoms with Crippen molar-refractivity contribution in [2.45, 2.75) is 0 Å². The first-order chi connectivity index (χ1) is 2.00. The van der Waals surface area contributed by atoms with Gasteiger partial charge in [-0.25, -0.2) is 5.90 Å². The average Bonchev–Trinajstić information content (AvgIpc) is 1.50. The van der Waals surface area contributed by atoms with Crippen LogP contribution < -0.4 is 11.6 Å². The Morgan fingerprint density at radius 1 is 1.20 bits per heavy atom. The van der Waals surface area contributed by atoms with Crippen molar-refractivity contribution >= 4 is 12.4 Å². The van der Waals surface area contributed by atoms with Gasteiger partial charge < -0.3 is 10.9 Å². The quantitative estimate of drug-likeness (QED) is 0.354. The van der Waals surface area contributed by atoms with Gasteiger partial charge >= 0.3 is 0 Å². The molecule has 0 rings (SSSR count). The maximum atomic E-state index is 6.50. The Balaban J connectivity index is -0.0000000133. The summed E-state index contributed by atoms with van der Waals surface area (Å²) in [5.74, 6) is 3.50. The van der Waals surface area contributed by atoms with Crippen LogP contribution in [0, 0.1) is 0 Å². The van der Waals surface area contributed by atoms with E-state index >= 15 is 0 Å². The Kier molecular flexibility index (Phi) is 5540. The summed E-state index contributed by atoms with van der Waals surface area (Å²) in [6.07, 6.45) is 0. The Morgan fingerprint density at radius 3 is 1.20 bits per heavy atom. The standard InChI is InChI=1S/CH5N.ClH.H3NO/c1-2;;1-2/h2H2,1H3;1H;2H,1H2. The molecule has 0 spiro atoms. The maximum absolute atomic E-state index is 6.50. The number of rotatable bonds is 0. The highest BCUT2D eigenvalue weighted by atomic mass is 35.5. The van der Waals surface area contributed by atoms with Crippen LogP contribution in [0.2, 0.25) is 0 Å². The second kappa shape index (κ2) is 1450. The number of halogens is 1. The van der Waals surface area contributed by atoms with Gasteiger partial charge in [-0.15, -0.1) is 12.4 Å². The second-order valence-electron chi connectivity index (χ2n) is 0. The fraction of sp³-hybridized carbons (Fsp3) is 1.00. The molecular formula is CH9ClN2O. The summed E-state index contributed by atoms with van der Waals surface area (Å²) < 4.78 is 0. The number of hydrogen-bond acceptors (Lipinski definition) is 3. The lowest BCUT2D eigenvalue weighted by atomic mass is 11.6. The Labute approximate surface area is 37.3 Å². The summed E-state index contributed by atoms with van der Waals surface area (Å²) >= 11 is 0. The zero-order valence-electron chi connectivity index (χ0n) is 3.01. The highest BCUT2D eigenvalue weighted by molar-refractivity contribution is 5.85. The van der Waals surface area contributed by atoms with Gasteiger partial charge in [0.1, 0.15) is 0 Å². The van der Waals surface area contributed by atoms with Crippen molar-refractivity contribution in [2.75, 3.05) is 7.05 Å². The minimum Gasteiger partial charge on any atom is -0.333 e. The van der Waals surface area contributed by atoms with Crippen LogP contribution in [0.5, 0.6) is 0 Å². The molecule has 0 aromatic heterocycles. The SMILES string of the molecule is CN.Cl.NO. The van der Waals surface area contributed by atoms with Crippen molar-refractivity contribution in [2.24, 2.45) is 11.6 Å². The molecule has 3 nitrogen and oxygen atoms in total. The molecule has 0 aliphatic heterocycles. The Morgan fingerprint density at radius 2 is 1.20 bits per heavy atom. The van der Waals surface area contributed by atoms with E-state index in [2.05, 4.69) is 11.6 Å². The van der Waals surface area contributed by atoms with Crippen LogP contribution in [0.25, 0.3) is 0 Å². The van der Waals surface area contributed by atoms with Crippen LogP contribution in [0.1, 0.15) is 0 Å². The summed E-state index contributed by atoms with van der Waals surface area (Å²) in [5, 5.41) is 6.50. The van der Waals surface area contributed by atoms with Gasteiger partial charge in [-0.3, -0.25) is 0 Å². The predicted octanol–water partition coefficient (Wildman–Crippen LogP) is -0.669. The molecule has 0 saturated heterocycles. The summed E-state index contributed by atoms with van der Waals surface area (Å²) in [6, 6.07) is 0. The van der Waals surface area contributed by atoms with E-state index in [-0.39, 0.29) is 12.4 Å². The minimum atomic E-state index is 0. The van der Waals surface area contributed by atoms with E-state index in [4.69, 9.17) is 5.21 Å². The second-order valence-corrected chi connectivity index (χ2v) is 0. The first-order valence-electron chi connectivity index (χ1n) is 0.836. The molecule has 0 amide bonds. The minimum absolute atomic E-state index is 0. The Hall–Kier alpha value is 0.170. The number of hydrogen-bond donors (Lipinski definition) is 3. The predicted molar refractivity (Wildman–Crippen MR) is 23.3 cm³/mol. The lowest BCUT2D eigenvalue weighted by molar-refractivity contribution is 0.311. The van der Waals surface area contributed by atoms with Gasteiger partial charge in [0.25, 0.3) is 0 Å². The third kappa shape index (κ3) is 679. The largest absolute Gasteiger partial charge is 0.333 e. The molecular weight excluding hydrogens is 91.5 g/mol. The van der Waals surface area contributed by atoms with Crippen molar-refractivity contribution < 1.29 is 5.21 Å². The molecule has 0 aromatic rings. The van der Waals surface area contributed by atoms with E-state index in [1.54, 1.807) is 0 Å². The molecule has 0 aliphatic rings. The van der Waals surface area contributed by atoms with Crippen LogP contribution >= 0.6 is 12.4 Å². The van der Waals surface area contributed by atoms with E-state index in [0.29, 0.717) is 0 Å².